The molecule has 0 aliphatic carbocycles. The van der Waals surface area contributed by atoms with Crippen molar-refractivity contribution in [1.29, 1.82) is 0 Å². The molecule has 1 unspecified atom stereocenters. The number of carboxylic acids is 1. The first kappa shape index (κ1) is 19.9. The van der Waals surface area contributed by atoms with Crippen LogP contribution in [-0.2, 0) is 11.3 Å². The van der Waals surface area contributed by atoms with Crippen LogP contribution in [0, 0.1) is 6.92 Å². The first-order valence-electron chi connectivity index (χ1n) is 8.31. The van der Waals surface area contributed by atoms with Crippen molar-refractivity contribution in [3.05, 3.63) is 63.5 Å². The third kappa shape index (κ3) is 4.35. The van der Waals surface area contributed by atoms with E-state index < -0.39 is 17.9 Å². The molecular formula is C18H17Cl2N5O3. The Bertz CT molecular complexity index is 1040. The van der Waals surface area contributed by atoms with Crippen LogP contribution >= 0.6 is 23.2 Å². The predicted octanol–water partition coefficient (Wildman–Crippen LogP) is 3.64. The van der Waals surface area contributed by atoms with Gasteiger partial charge in [-0.3, -0.25) is 14.2 Å². The molecule has 0 saturated carbocycles. The zero-order valence-corrected chi connectivity index (χ0v) is 16.6. The first-order valence-corrected chi connectivity index (χ1v) is 9.07. The molecule has 1 aromatic carbocycles. The standard InChI is InChI=1S/C18H17Cl2N5O3/c1-10-5-16(23-24(10)8-12-3-4-14(19)15(20)6-12)22-17(26)13-7-21-25(9-13)11(2)18(27)28/h3-7,9,11H,8H2,1-2H3,(H,27,28)(H,22,23,26). The molecule has 0 aliphatic rings. The summed E-state index contributed by atoms with van der Waals surface area (Å²) < 4.78 is 2.94. The lowest BCUT2D eigenvalue weighted by Crippen LogP contribution is -2.16. The Morgan fingerprint density at radius 3 is 2.68 bits per heavy atom. The number of carbonyl (C=O) groups excluding carboxylic acids is 1. The Kier molecular flexibility index (Phi) is 5.71. The smallest absolute Gasteiger partial charge is 0.328 e. The van der Waals surface area contributed by atoms with Gasteiger partial charge in [-0.25, -0.2) is 4.79 Å². The van der Waals surface area contributed by atoms with Crippen molar-refractivity contribution in [2.75, 3.05) is 5.32 Å². The number of carboxylic acid groups (broad SMARTS) is 1. The van der Waals surface area contributed by atoms with Gasteiger partial charge in [0.1, 0.15) is 6.04 Å². The second kappa shape index (κ2) is 8.04. The van der Waals surface area contributed by atoms with E-state index in [0.717, 1.165) is 11.3 Å². The lowest BCUT2D eigenvalue weighted by Gasteiger charge is -2.06. The minimum Gasteiger partial charge on any atom is -0.480 e. The third-order valence-corrected chi connectivity index (χ3v) is 4.90. The number of aryl methyl sites for hydroxylation is 1. The molecule has 0 fully saturated rings. The number of anilines is 1. The van der Waals surface area contributed by atoms with E-state index in [9.17, 15) is 9.59 Å². The second-order valence-corrected chi connectivity index (χ2v) is 7.07. The van der Waals surface area contributed by atoms with Crippen LogP contribution in [0.15, 0.2) is 36.7 Å². The molecule has 0 spiro atoms. The predicted molar refractivity (Wildman–Crippen MR) is 105 cm³/mol. The summed E-state index contributed by atoms with van der Waals surface area (Å²) in [5, 5.41) is 20.9. The fourth-order valence-electron chi connectivity index (χ4n) is 2.51. The summed E-state index contributed by atoms with van der Waals surface area (Å²) in [6.07, 6.45) is 2.70. The number of nitrogens with zero attached hydrogens (tertiary/aromatic N) is 4. The Morgan fingerprint density at radius 2 is 2.00 bits per heavy atom. The Balaban J connectivity index is 1.71. The summed E-state index contributed by atoms with van der Waals surface area (Å²) in [5.41, 5.74) is 2.00. The fraction of sp³-hybridized carbons (Fsp3) is 0.222. The fourth-order valence-corrected chi connectivity index (χ4v) is 2.83. The van der Waals surface area contributed by atoms with Crippen molar-refractivity contribution >= 4 is 40.9 Å². The highest BCUT2D eigenvalue weighted by Gasteiger charge is 2.17. The quantitative estimate of drug-likeness (QED) is 0.632. The summed E-state index contributed by atoms with van der Waals surface area (Å²) in [5.74, 6) is -1.09. The van der Waals surface area contributed by atoms with E-state index >= 15 is 0 Å². The number of carbonyl (C=O) groups is 2. The van der Waals surface area contributed by atoms with E-state index in [0.29, 0.717) is 22.4 Å². The van der Waals surface area contributed by atoms with Crippen molar-refractivity contribution in [2.24, 2.45) is 0 Å². The van der Waals surface area contributed by atoms with E-state index in [1.165, 1.54) is 24.0 Å². The highest BCUT2D eigenvalue weighted by atomic mass is 35.5. The van der Waals surface area contributed by atoms with Crippen LogP contribution < -0.4 is 5.32 Å². The largest absolute Gasteiger partial charge is 0.480 e. The van der Waals surface area contributed by atoms with Crippen LogP contribution in [0.3, 0.4) is 0 Å². The molecule has 0 aliphatic heterocycles. The number of hydrogen-bond acceptors (Lipinski definition) is 4. The average Bonchev–Trinajstić information content (AvgIpc) is 3.25. The maximum absolute atomic E-state index is 12.4. The van der Waals surface area contributed by atoms with Gasteiger partial charge in [-0.1, -0.05) is 29.3 Å². The molecule has 1 atom stereocenters. The van der Waals surface area contributed by atoms with Crippen LogP contribution in [-0.4, -0.2) is 36.5 Å². The van der Waals surface area contributed by atoms with E-state index in [1.807, 2.05) is 13.0 Å². The Labute approximate surface area is 170 Å². The molecule has 1 amide bonds. The summed E-state index contributed by atoms with van der Waals surface area (Å²) in [4.78, 5) is 23.4. The number of amides is 1. The molecule has 2 aromatic heterocycles. The minimum absolute atomic E-state index is 0.241. The number of aliphatic carboxylic acids is 1. The van der Waals surface area contributed by atoms with Gasteiger partial charge in [-0.2, -0.15) is 10.2 Å². The molecule has 146 valence electrons. The van der Waals surface area contributed by atoms with Gasteiger partial charge in [0.2, 0.25) is 0 Å². The number of hydrogen-bond donors (Lipinski definition) is 2. The van der Waals surface area contributed by atoms with Crippen molar-refractivity contribution in [1.82, 2.24) is 19.6 Å². The highest BCUT2D eigenvalue weighted by Crippen LogP contribution is 2.23. The van der Waals surface area contributed by atoms with Crippen molar-refractivity contribution in [3.8, 4) is 0 Å². The van der Waals surface area contributed by atoms with Crippen LogP contribution in [0.2, 0.25) is 10.0 Å². The van der Waals surface area contributed by atoms with Crippen LogP contribution in [0.25, 0.3) is 0 Å². The molecule has 3 aromatic rings. The van der Waals surface area contributed by atoms with Crippen molar-refractivity contribution < 1.29 is 14.7 Å². The molecule has 28 heavy (non-hydrogen) atoms. The lowest BCUT2D eigenvalue weighted by atomic mass is 10.2. The number of halogens is 2. The normalized spacial score (nSPS) is 12.0. The zero-order chi connectivity index (χ0) is 20.4. The summed E-state index contributed by atoms with van der Waals surface area (Å²) >= 11 is 12.0. The molecule has 2 N–H and O–H groups in total. The SMILES string of the molecule is Cc1cc(NC(=O)c2cnn(C(C)C(=O)O)c2)nn1Cc1ccc(Cl)c(Cl)c1. The van der Waals surface area contributed by atoms with Gasteiger partial charge in [-0.05, 0) is 31.5 Å². The summed E-state index contributed by atoms with van der Waals surface area (Å²) in [6.45, 7) is 3.81. The van der Waals surface area contributed by atoms with Crippen LogP contribution in [0.5, 0.6) is 0 Å². The van der Waals surface area contributed by atoms with Crippen molar-refractivity contribution in [2.45, 2.75) is 26.4 Å². The topological polar surface area (TPSA) is 102 Å². The molecule has 0 radical (unpaired) electrons. The van der Waals surface area contributed by atoms with E-state index in [1.54, 1.807) is 22.9 Å². The second-order valence-electron chi connectivity index (χ2n) is 6.25. The molecule has 0 saturated heterocycles. The molecule has 10 heteroatoms. The summed E-state index contributed by atoms with van der Waals surface area (Å²) in [6, 6.07) is 6.21. The van der Waals surface area contributed by atoms with Gasteiger partial charge in [0.05, 0.1) is 28.4 Å². The van der Waals surface area contributed by atoms with Gasteiger partial charge >= 0.3 is 5.97 Å². The van der Waals surface area contributed by atoms with Gasteiger partial charge in [0, 0.05) is 18.0 Å². The van der Waals surface area contributed by atoms with Gasteiger partial charge in [0.25, 0.3) is 5.91 Å². The van der Waals surface area contributed by atoms with E-state index in [2.05, 4.69) is 15.5 Å². The van der Waals surface area contributed by atoms with Gasteiger partial charge in [-0.15, -0.1) is 0 Å². The van der Waals surface area contributed by atoms with Crippen molar-refractivity contribution in [3.63, 3.8) is 0 Å². The van der Waals surface area contributed by atoms with Gasteiger partial charge < -0.3 is 10.4 Å². The maximum Gasteiger partial charge on any atom is 0.328 e. The maximum atomic E-state index is 12.4. The number of rotatable bonds is 6. The van der Waals surface area contributed by atoms with E-state index in [-0.39, 0.29) is 5.56 Å². The third-order valence-electron chi connectivity index (χ3n) is 4.16. The number of nitrogens with one attached hydrogen (secondary N) is 1. The Morgan fingerprint density at radius 1 is 1.25 bits per heavy atom. The molecular weight excluding hydrogens is 405 g/mol. The Hall–Kier alpha value is -2.84. The molecule has 2 heterocycles. The molecule has 0 bridgehead atoms. The molecule has 3 rings (SSSR count). The van der Waals surface area contributed by atoms with Crippen LogP contribution in [0.4, 0.5) is 5.82 Å². The minimum atomic E-state index is -1.04. The lowest BCUT2D eigenvalue weighted by molar-refractivity contribution is -0.140. The highest BCUT2D eigenvalue weighted by molar-refractivity contribution is 6.42. The van der Waals surface area contributed by atoms with Gasteiger partial charge in [0.15, 0.2) is 5.82 Å². The number of aromatic nitrogens is 4. The average molecular weight is 422 g/mol. The zero-order valence-electron chi connectivity index (χ0n) is 15.1. The molecule has 8 nitrogen and oxygen atoms in total. The summed E-state index contributed by atoms with van der Waals surface area (Å²) in [7, 11) is 0. The monoisotopic (exact) mass is 421 g/mol. The van der Waals surface area contributed by atoms with E-state index in [4.69, 9.17) is 28.3 Å². The first-order chi connectivity index (χ1) is 13.2. The number of benzene rings is 1. The van der Waals surface area contributed by atoms with Crippen LogP contribution in [0.1, 0.15) is 34.6 Å².